The highest BCUT2D eigenvalue weighted by Gasteiger charge is 2.21. The van der Waals surface area contributed by atoms with E-state index in [0.717, 1.165) is 30.5 Å². The molecule has 8 heteroatoms. The molecule has 166 valence electrons. The second-order valence-electron chi connectivity index (χ2n) is 8.32. The van der Waals surface area contributed by atoms with Gasteiger partial charge in [0.2, 0.25) is 5.91 Å². The number of carbonyl (C=O) groups excluding carboxylic acids is 2. The van der Waals surface area contributed by atoms with Crippen LogP contribution in [0.5, 0.6) is 0 Å². The van der Waals surface area contributed by atoms with Gasteiger partial charge in [0.25, 0.3) is 0 Å². The van der Waals surface area contributed by atoms with Crippen molar-refractivity contribution < 1.29 is 14.3 Å². The number of rotatable bonds is 8. The zero-order valence-corrected chi connectivity index (χ0v) is 18.6. The number of nitrogens with one attached hydrogen (secondary N) is 3. The summed E-state index contributed by atoms with van der Waals surface area (Å²) in [5.74, 6) is 0.926. The van der Waals surface area contributed by atoms with E-state index >= 15 is 0 Å². The maximum atomic E-state index is 11.9. The molecule has 30 heavy (non-hydrogen) atoms. The van der Waals surface area contributed by atoms with Gasteiger partial charge in [-0.15, -0.1) is 0 Å². The first-order valence-electron chi connectivity index (χ1n) is 10.5. The number of guanidine groups is 1. The molecular weight excluding hydrogens is 382 g/mol. The number of alkyl carbamates (subject to hydrolysis) is 1. The topological polar surface area (TPSA) is 95.1 Å². The number of benzene rings is 1. The van der Waals surface area contributed by atoms with Crippen LogP contribution in [0.2, 0.25) is 0 Å². The van der Waals surface area contributed by atoms with Gasteiger partial charge in [-0.05, 0) is 44.7 Å². The van der Waals surface area contributed by atoms with Crippen LogP contribution in [-0.2, 0) is 22.6 Å². The Morgan fingerprint density at radius 3 is 2.47 bits per heavy atom. The van der Waals surface area contributed by atoms with Crippen LogP contribution in [0.3, 0.4) is 0 Å². The van der Waals surface area contributed by atoms with Gasteiger partial charge in [-0.25, -0.2) is 4.79 Å². The Labute approximate surface area is 179 Å². The minimum atomic E-state index is -0.493. The molecule has 0 spiro atoms. The summed E-state index contributed by atoms with van der Waals surface area (Å²) in [7, 11) is 1.73. The number of likely N-dealkylation sites (tertiary alicyclic amines) is 1. The number of ether oxygens (including phenoxy) is 1. The van der Waals surface area contributed by atoms with E-state index in [2.05, 4.69) is 33.1 Å². The minimum absolute atomic E-state index is 0.232. The molecule has 1 aliphatic heterocycles. The molecule has 1 saturated heterocycles. The van der Waals surface area contributed by atoms with Crippen LogP contribution < -0.4 is 16.0 Å². The van der Waals surface area contributed by atoms with Gasteiger partial charge in [-0.3, -0.25) is 9.79 Å². The monoisotopic (exact) mass is 417 g/mol. The van der Waals surface area contributed by atoms with Gasteiger partial charge in [0.15, 0.2) is 5.96 Å². The standard InChI is InChI=1S/C22H35N5O3/c1-22(2,3)30-21(29)25-13-8-12-24-20(23-4)26-15-17-9-5-6-10-18(17)16-27-14-7-11-19(27)28/h5-6,9-10H,7-8,11-16H2,1-4H3,(H,25,29)(H2,23,24,26). The first-order valence-corrected chi connectivity index (χ1v) is 10.5. The van der Waals surface area contributed by atoms with Crippen molar-refractivity contribution in [2.75, 3.05) is 26.7 Å². The molecule has 1 heterocycles. The predicted octanol–water partition coefficient (Wildman–Crippen LogP) is 2.39. The van der Waals surface area contributed by atoms with Gasteiger partial charge in [0, 0.05) is 46.2 Å². The molecule has 2 amide bonds. The van der Waals surface area contributed by atoms with Crippen molar-refractivity contribution >= 4 is 18.0 Å². The second-order valence-corrected chi connectivity index (χ2v) is 8.32. The summed E-state index contributed by atoms with van der Waals surface area (Å²) in [6, 6.07) is 8.15. The molecule has 8 nitrogen and oxygen atoms in total. The average molecular weight is 418 g/mol. The zero-order chi connectivity index (χ0) is 22.0. The minimum Gasteiger partial charge on any atom is -0.444 e. The number of hydrogen-bond donors (Lipinski definition) is 3. The van der Waals surface area contributed by atoms with E-state index in [-0.39, 0.29) is 5.91 Å². The Morgan fingerprint density at radius 2 is 1.83 bits per heavy atom. The molecule has 1 aromatic rings. The van der Waals surface area contributed by atoms with E-state index in [0.29, 0.717) is 38.6 Å². The molecule has 0 aliphatic carbocycles. The van der Waals surface area contributed by atoms with Gasteiger partial charge in [-0.1, -0.05) is 24.3 Å². The van der Waals surface area contributed by atoms with Crippen LogP contribution in [0.25, 0.3) is 0 Å². The molecule has 0 atom stereocenters. The lowest BCUT2D eigenvalue weighted by Crippen LogP contribution is -2.39. The molecule has 0 bridgehead atoms. The number of amides is 2. The number of aliphatic imine (C=N–C) groups is 1. The Morgan fingerprint density at radius 1 is 1.13 bits per heavy atom. The van der Waals surface area contributed by atoms with Gasteiger partial charge in [-0.2, -0.15) is 0 Å². The van der Waals surface area contributed by atoms with Gasteiger partial charge in [0.1, 0.15) is 5.60 Å². The van der Waals surface area contributed by atoms with Crippen LogP contribution in [0.1, 0.15) is 51.2 Å². The summed E-state index contributed by atoms with van der Waals surface area (Å²) >= 11 is 0. The first kappa shape index (κ1) is 23.5. The van der Waals surface area contributed by atoms with Crippen molar-refractivity contribution in [3.05, 3.63) is 35.4 Å². The van der Waals surface area contributed by atoms with Crippen molar-refractivity contribution in [2.24, 2.45) is 4.99 Å². The Bertz CT molecular complexity index is 743. The smallest absolute Gasteiger partial charge is 0.407 e. The molecule has 1 fully saturated rings. The SMILES string of the molecule is CN=C(NCCCNC(=O)OC(C)(C)C)NCc1ccccc1CN1CCCC1=O. The molecule has 2 rings (SSSR count). The van der Waals surface area contributed by atoms with Crippen LogP contribution in [0.15, 0.2) is 29.3 Å². The molecule has 1 aliphatic rings. The summed E-state index contributed by atoms with van der Waals surface area (Å²) in [6.45, 7) is 8.81. The molecule has 0 radical (unpaired) electrons. The van der Waals surface area contributed by atoms with E-state index in [1.807, 2.05) is 37.8 Å². The van der Waals surface area contributed by atoms with Gasteiger partial charge >= 0.3 is 6.09 Å². The molecule has 1 aromatic carbocycles. The zero-order valence-electron chi connectivity index (χ0n) is 18.6. The third-order valence-electron chi connectivity index (χ3n) is 4.64. The van der Waals surface area contributed by atoms with E-state index in [9.17, 15) is 9.59 Å². The fraction of sp³-hybridized carbons (Fsp3) is 0.591. The largest absolute Gasteiger partial charge is 0.444 e. The van der Waals surface area contributed by atoms with Crippen molar-refractivity contribution in [3.63, 3.8) is 0 Å². The fourth-order valence-electron chi connectivity index (χ4n) is 3.16. The maximum Gasteiger partial charge on any atom is 0.407 e. The Hall–Kier alpha value is -2.77. The first-order chi connectivity index (χ1) is 14.3. The highest BCUT2D eigenvalue weighted by Crippen LogP contribution is 2.17. The molecule has 3 N–H and O–H groups in total. The second kappa shape index (κ2) is 11.4. The Balaban J connectivity index is 1.73. The summed E-state index contributed by atoms with van der Waals surface area (Å²) < 4.78 is 5.21. The molecule has 0 unspecified atom stereocenters. The van der Waals surface area contributed by atoms with Crippen molar-refractivity contribution in [3.8, 4) is 0 Å². The quantitative estimate of drug-likeness (QED) is 0.343. The Kier molecular flexibility index (Phi) is 8.95. The van der Waals surface area contributed by atoms with Crippen molar-refractivity contribution in [1.29, 1.82) is 0 Å². The lowest BCUT2D eigenvalue weighted by molar-refractivity contribution is -0.128. The van der Waals surface area contributed by atoms with Gasteiger partial charge < -0.3 is 25.6 Å². The summed E-state index contributed by atoms with van der Waals surface area (Å²) in [5.41, 5.74) is 1.80. The van der Waals surface area contributed by atoms with Crippen LogP contribution in [0.4, 0.5) is 4.79 Å². The van der Waals surface area contributed by atoms with E-state index < -0.39 is 11.7 Å². The normalized spacial score (nSPS) is 14.6. The summed E-state index contributed by atoms with van der Waals surface area (Å²) in [6.07, 6.45) is 1.93. The molecule has 0 saturated carbocycles. The summed E-state index contributed by atoms with van der Waals surface area (Å²) in [5, 5.41) is 9.30. The fourth-order valence-corrected chi connectivity index (χ4v) is 3.16. The van der Waals surface area contributed by atoms with Crippen LogP contribution in [0, 0.1) is 0 Å². The van der Waals surface area contributed by atoms with Crippen LogP contribution >= 0.6 is 0 Å². The third-order valence-corrected chi connectivity index (χ3v) is 4.64. The van der Waals surface area contributed by atoms with Gasteiger partial charge in [0.05, 0.1) is 0 Å². The van der Waals surface area contributed by atoms with Crippen molar-refractivity contribution in [1.82, 2.24) is 20.9 Å². The third kappa shape index (κ3) is 8.31. The molecular formula is C22H35N5O3. The van der Waals surface area contributed by atoms with Crippen molar-refractivity contribution in [2.45, 2.75) is 58.7 Å². The lowest BCUT2D eigenvalue weighted by Gasteiger charge is -2.20. The predicted molar refractivity (Wildman–Crippen MR) is 118 cm³/mol. The number of carbonyl (C=O) groups is 2. The maximum absolute atomic E-state index is 11.9. The summed E-state index contributed by atoms with van der Waals surface area (Å²) in [4.78, 5) is 29.7. The lowest BCUT2D eigenvalue weighted by atomic mass is 10.1. The highest BCUT2D eigenvalue weighted by molar-refractivity contribution is 5.79. The van der Waals surface area contributed by atoms with E-state index in [1.54, 1.807) is 7.05 Å². The number of hydrogen-bond acceptors (Lipinski definition) is 4. The van der Waals surface area contributed by atoms with Crippen LogP contribution in [-0.4, -0.2) is 55.1 Å². The van der Waals surface area contributed by atoms with E-state index in [4.69, 9.17) is 4.74 Å². The number of nitrogens with zero attached hydrogens (tertiary/aromatic N) is 2. The average Bonchev–Trinajstić information content (AvgIpc) is 3.08. The molecule has 0 aromatic heterocycles. The van der Waals surface area contributed by atoms with E-state index in [1.165, 1.54) is 0 Å². The highest BCUT2D eigenvalue weighted by atomic mass is 16.6.